The molecule has 0 amide bonds. The smallest absolute Gasteiger partial charge is 0.119 e. The molecule has 0 saturated carbocycles. The minimum absolute atomic E-state index is 0.326. The fourth-order valence-electron chi connectivity index (χ4n) is 7.50. The van der Waals surface area contributed by atoms with Gasteiger partial charge >= 0.3 is 0 Å². The Morgan fingerprint density at radius 3 is 1.22 bits per heavy atom. The summed E-state index contributed by atoms with van der Waals surface area (Å²) in [5.41, 5.74) is 12.7. The van der Waals surface area contributed by atoms with Crippen molar-refractivity contribution in [2.45, 2.75) is 136 Å². The molecular formula is C45H60O. The molecule has 246 valence electrons. The van der Waals surface area contributed by atoms with Crippen LogP contribution in [0.5, 0.6) is 5.75 Å². The van der Waals surface area contributed by atoms with Gasteiger partial charge in [-0.1, -0.05) is 140 Å². The van der Waals surface area contributed by atoms with E-state index >= 15 is 0 Å². The van der Waals surface area contributed by atoms with Crippen LogP contribution >= 0.6 is 0 Å². The molecule has 0 aliphatic heterocycles. The van der Waals surface area contributed by atoms with Crippen LogP contribution in [-0.2, 0) is 38.5 Å². The van der Waals surface area contributed by atoms with Gasteiger partial charge in [-0.3, -0.25) is 0 Å². The van der Waals surface area contributed by atoms with E-state index in [4.69, 9.17) is 0 Å². The number of aromatic hydroxyl groups is 1. The van der Waals surface area contributed by atoms with E-state index in [-0.39, 0.29) is 0 Å². The second-order valence-electron chi connectivity index (χ2n) is 13.9. The second kappa shape index (κ2) is 18.1. The van der Waals surface area contributed by atoms with Crippen molar-refractivity contribution in [1.82, 2.24) is 0 Å². The van der Waals surface area contributed by atoms with Crippen LogP contribution in [0.25, 0.3) is 0 Å². The third kappa shape index (κ3) is 9.37. The van der Waals surface area contributed by atoms with Gasteiger partial charge in [0.25, 0.3) is 0 Å². The van der Waals surface area contributed by atoms with Crippen LogP contribution in [0.2, 0.25) is 0 Å². The molecular weight excluding hydrogens is 556 g/mol. The predicted molar refractivity (Wildman–Crippen MR) is 200 cm³/mol. The molecule has 3 unspecified atom stereocenters. The molecule has 4 rings (SSSR count). The Labute approximate surface area is 281 Å². The van der Waals surface area contributed by atoms with Crippen LogP contribution in [0.3, 0.4) is 0 Å². The highest BCUT2D eigenvalue weighted by atomic mass is 16.3. The van der Waals surface area contributed by atoms with Gasteiger partial charge in [-0.25, -0.2) is 0 Å². The van der Waals surface area contributed by atoms with Crippen molar-refractivity contribution in [3.8, 4) is 5.75 Å². The van der Waals surface area contributed by atoms with Crippen molar-refractivity contribution < 1.29 is 5.11 Å². The molecule has 0 saturated heterocycles. The zero-order valence-corrected chi connectivity index (χ0v) is 29.7. The molecule has 4 aromatic rings. The Balaban J connectivity index is 1.74. The largest absolute Gasteiger partial charge is 0.508 e. The summed E-state index contributed by atoms with van der Waals surface area (Å²) in [6.45, 7) is 14.0. The van der Waals surface area contributed by atoms with Gasteiger partial charge < -0.3 is 5.11 Å². The highest BCUT2D eigenvalue weighted by Gasteiger charge is 2.23. The molecule has 46 heavy (non-hydrogen) atoms. The van der Waals surface area contributed by atoms with Crippen molar-refractivity contribution in [2.75, 3.05) is 0 Å². The number of hydrogen-bond donors (Lipinski definition) is 1. The number of phenolic OH excluding ortho intramolecular Hbond substituents is 1. The first-order valence-corrected chi connectivity index (χ1v) is 18.4. The molecule has 1 heteroatoms. The molecule has 0 heterocycles. The number of phenols is 1. The van der Waals surface area contributed by atoms with Gasteiger partial charge in [-0.2, -0.15) is 0 Å². The highest BCUT2D eigenvalue weighted by Crippen LogP contribution is 2.37. The van der Waals surface area contributed by atoms with Crippen molar-refractivity contribution in [3.63, 3.8) is 0 Å². The molecule has 0 spiro atoms. The van der Waals surface area contributed by atoms with Crippen LogP contribution in [0.15, 0.2) is 84.9 Å². The SMILES string of the molecule is CCCCc1ccccc1C(C)Cc1ccc(O)c(CC(C)c2ccccc2CCCC)c1CC(C)c1ccccc1CCCC. The number of aryl methyl sites for hydroxylation is 3. The average molecular weight is 617 g/mol. The zero-order valence-electron chi connectivity index (χ0n) is 29.7. The van der Waals surface area contributed by atoms with Crippen LogP contribution in [0.4, 0.5) is 0 Å². The van der Waals surface area contributed by atoms with Gasteiger partial charge in [-0.05, 0) is 132 Å². The summed E-state index contributed by atoms with van der Waals surface area (Å²) in [6.07, 6.45) is 13.5. The maximum absolute atomic E-state index is 11.6. The Bertz CT molecular complexity index is 1500. The molecule has 0 fully saturated rings. The van der Waals surface area contributed by atoms with E-state index < -0.39 is 0 Å². The summed E-state index contributed by atoms with van der Waals surface area (Å²) in [5.74, 6) is 1.56. The van der Waals surface area contributed by atoms with E-state index in [0.29, 0.717) is 23.5 Å². The van der Waals surface area contributed by atoms with Crippen LogP contribution in [-0.4, -0.2) is 5.11 Å². The van der Waals surface area contributed by atoms with E-state index in [1.165, 1.54) is 83.0 Å². The first-order chi connectivity index (χ1) is 22.4. The van der Waals surface area contributed by atoms with E-state index in [9.17, 15) is 5.11 Å². The second-order valence-corrected chi connectivity index (χ2v) is 13.9. The maximum Gasteiger partial charge on any atom is 0.119 e. The van der Waals surface area contributed by atoms with Gasteiger partial charge in [-0.15, -0.1) is 0 Å². The molecule has 3 atom stereocenters. The Morgan fingerprint density at radius 1 is 0.435 bits per heavy atom. The Hall–Kier alpha value is -3.32. The number of unbranched alkanes of at least 4 members (excludes halogenated alkanes) is 3. The molecule has 1 nitrogen and oxygen atoms in total. The van der Waals surface area contributed by atoms with E-state index in [2.05, 4.69) is 120 Å². The van der Waals surface area contributed by atoms with Gasteiger partial charge in [0, 0.05) is 0 Å². The third-order valence-corrected chi connectivity index (χ3v) is 10.2. The summed E-state index contributed by atoms with van der Waals surface area (Å²) in [5, 5.41) is 11.6. The molecule has 0 aliphatic rings. The summed E-state index contributed by atoms with van der Waals surface area (Å²) >= 11 is 0. The molecule has 0 aromatic heterocycles. The third-order valence-electron chi connectivity index (χ3n) is 10.2. The predicted octanol–water partition coefficient (Wildman–Crippen LogP) is 12.5. The van der Waals surface area contributed by atoms with E-state index in [0.717, 1.165) is 44.1 Å². The molecule has 0 bridgehead atoms. The normalized spacial score (nSPS) is 13.4. The summed E-state index contributed by atoms with van der Waals surface area (Å²) in [6, 6.07) is 31.4. The lowest BCUT2D eigenvalue weighted by Gasteiger charge is -2.25. The lowest BCUT2D eigenvalue weighted by atomic mass is 9.79. The molecule has 0 aliphatic carbocycles. The quantitative estimate of drug-likeness (QED) is 0.118. The lowest BCUT2D eigenvalue weighted by Crippen LogP contribution is -2.12. The molecule has 1 N–H and O–H groups in total. The number of hydrogen-bond acceptors (Lipinski definition) is 1. The minimum Gasteiger partial charge on any atom is -0.508 e. The summed E-state index contributed by atoms with van der Waals surface area (Å²) in [7, 11) is 0. The molecule has 4 aromatic carbocycles. The fraction of sp³-hybridized carbons (Fsp3) is 0.467. The Morgan fingerprint density at radius 2 is 0.804 bits per heavy atom. The first kappa shape index (κ1) is 35.5. The van der Waals surface area contributed by atoms with E-state index in [1.807, 2.05) is 6.07 Å². The van der Waals surface area contributed by atoms with Crippen LogP contribution in [0.1, 0.15) is 148 Å². The number of rotatable bonds is 18. The van der Waals surface area contributed by atoms with Gasteiger partial charge in [0.15, 0.2) is 0 Å². The fourth-order valence-corrected chi connectivity index (χ4v) is 7.50. The van der Waals surface area contributed by atoms with Crippen molar-refractivity contribution in [3.05, 3.63) is 135 Å². The van der Waals surface area contributed by atoms with Crippen molar-refractivity contribution in [2.24, 2.45) is 0 Å². The maximum atomic E-state index is 11.6. The average Bonchev–Trinajstić information content (AvgIpc) is 3.08. The van der Waals surface area contributed by atoms with Gasteiger partial charge in [0.2, 0.25) is 0 Å². The topological polar surface area (TPSA) is 20.2 Å². The first-order valence-electron chi connectivity index (χ1n) is 18.4. The van der Waals surface area contributed by atoms with Gasteiger partial charge in [0.05, 0.1) is 0 Å². The van der Waals surface area contributed by atoms with E-state index in [1.54, 1.807) is 0 Å². The number of benzene rings is 4. The summed E-state index contributed by atoms with van der Waals surface area (Å²) in [4.78, 5) is 0. The van der Waals surface area contributed by atoms with Crippen molar-refractivity contribution in [1.29, 1.82) is 0 Å². The monoisotopic (exact) mass is 616 g/mol. The van der Waals surface area contributed by atoms with Crippen LogP contribution in [0, 0.1) is 0 Å². The zero-order chi connectivity index (χ0) is 32.9. The van der Waals surface area contributed by atoms with Crippen LogP contribution < -0.4 is 0 Å². The van der Waals surface area contributed by atoms with Gasteiger partial charge in [0.1, 0.15) is 5.75 Å². The highest BCUT2D eigenvalue weighted by molar-refractivity contribution is 5.48. The Kier molecular flexibility index (Phi) is 14.0. The lowest BCUT2D eigenvalue weighted by molar-refractivity contribution is 0.463. The molecule has 0 radical (unpaired) electrons. The van der Waals surface area contributed by atoms with Crippen molar-refractivity contribution >= 4 is 0 Å². The summed E-state index contributed by atoms with van der Waals surface area (Å²) < 4.78 is 0. The minimum atomic E-state index is 0.326. The standard InChI is InChI=1S/C45H60O/c1-7-10-19-36-22-13-16-25-40(36)33(4)30-39-28-29-45(46)44(32-35(6)42-27-18-15-24-38(42)21-12-9-3)43(39)31-34(5)41-26-17-14-23-37(41)20-11-8-2/h13-18,22-29,33-35,46H,7-12,19-21,30-32H2,1-6H3.